The fraction of sp³-hybridized carbons (Fsp3) is 0.360. The normalized spacial score (nSPS) is 10.8. The molecule has 4 aromatic heterocycles. The molecule has 0 fully saturated rings. The monoisotopic (exact) mass is 1270 g/mol. The number of rotatable bonds is 22. The van der Waals surface area contributed by atoms with E-state index in [9.17, 15) is 13.2 Å². The minimum atomic E-state index is -0.827. The topological polar surface area (TPSA) is 95.8 Å². The molecule has 0 aliphatic carbocycles. The van der Waals surface area contributed by atoms with Crippen molar-refractivity contribution in [1.82, 2.24) is 30.4 Å². The summed E-state index contributed by atoms with van der Waals surface area (Å²) in [5, 5.41) is 20.9. The summed E-state index contributed by atoms with van der Waals surface area (Å²) in [4.78, 5) is 8.08. The molecule has 3 aromatic carbocycles. The van der Waals surface area contributed by atoms with Crippen LogP contribution in [0.2, 0.25) is 0 Å². The number of hydrogen-bond donors (Lipinski definition) is 0. The molecule has 0 saturated carbocycles. The van der Waals surface area contributed by atoms with Crippen LogP contribution in [0.15, 0.2) is 97.6 Å². The first kappa shape index (κ1) is 53.6. The van der Waals surface area contributed by atoms with Gasteiger partial charge in [-0.25, -0.2) is 13.2 Å². The van der Waals surface area contributed by atoms with E-state index < -0.39 is 17.5 Å². The Balaban J connectivity index is 0.000000199. The van der Waals surface area contributed by atoms with Gasteiger partial charge in [0.05, 0.1) is 23.9 Å². The molecule has 7 aromatic rings. The molecule has 7 rings (SSSR count). The first-order valence-electron chi connectivity index (χ1n) is 22.3. The van der Waals surface area contributed by atoms with E-state index in [4.69, 9.17) is 9.47 Å². The second-order valence-corrected chi connectivity index (χ2v) is 20.4. The van der Waals surface area contributed by atoms with Crippen LogP contribution in [0.4, 0.5) is 13.2 Å². The van der Waals surface area contributed by atoms with E-state index in [1.807, 2.05) is 48.5 Å². The van der Waals surface area contributed by atoms with Gasteiger partial charge < -0.3 is 9.47 Å². The first-order chi connectivity index (χ1) is 32.2. The minimum Gasteiger partial charge on any atom is -0.494 e. The molecular formula is C50H54F3I3N6O2S2. The number of benzene rings is 3. The molecule has 0 spiro atoms. The van der Waals surface area contributed by atoms with Gasteiger partial charge in [0.15, 0.2) is 17.5 Å². The molecule has 0 amide bonds. The van der Waals surface area contributed by atoms with E-state index in [0.717, 1.165) is 79.8 Å². The number of aromatic nitrogens is 6. The fourth-order valence-electron chi connectivity index (χ4n) is 6.37. The molecular weight excluding hydrogens is 1220 g/mol. The van der Waals surface area contributed by atoms with Crippen molar-refractivity contribution in [2.45, 2.75) is 104 Å². The molecule has 350 valence electrons. The third kappa shape index (κ3) is 17.6. The molecule has 0 N–H and O–H groups in total. The van der Waals surface area contributed by atoms with Crippen LogP contribution in [0, 0.1) is 28.2 Å². The number of ether oxygens (including phenoxy) is 2. The smallest absolute Gasteiger partial charge is 0.155 e. The molecule has 0 unspecified atom stereocenters. The number of unbranched alkanes of at least 4 members (excludes halogenated alkanes) is 12. The molecule has 0 aliphatic rings. The Labute approximate surface area is 435 Å². The maximum atomic E-state index is 12.9. The Bertz CT molecular complexity index is 2210. The van der Waals surface area contributed by atoms with E-state index in [0.29, 0.717) is 0 Å². The van der Waals surface area contributed by atoms with E-state index in [1.165, 1.54) is 145 Å². The summed E-state index contributed by atoms with van der Waals surface area (Å²) >= 11 is 7.70. The average Bonchev–Trinajstić information content (AvgIpc) is 4.07. The lowest BCUT2D eigenvalue weighted by atomic mass is 10.1. The van der Waals surface area contributed by atoms with Crippen LogP contribution in [0.3, 0.4) is 0 Å². The lowest BCUT2D eigenvalue weighted by Crippen LogP contribution is -2.01. The zero-order chi connectivity index (χ0) is 46.9. The first-order valence-corrected chi connectivity index (χ1v) is 27.2. The zero-order valence-electron chi connectivity index (χ0n) is 37.1. The van der Waals surface area contributed by atoms with Crippen LogP contribution in [-0.4, -0.2) is 43.6 Å². The third-order valence-electron chi connectivity index (χ3n) is 10.1. The van der Waals surface area contributed by atoms with Gasteiger partial charge in [-0.3, -0.25) is 9.97 Å². The summed E-state index contributed by atoms with van der Waals surface area (Å²) in [7, 11) is 0. The van der Waals surface area contributed by atoms with Gasteiger partial charge in [-0.15, -0.1) is 20.4 Å². The summed E-state index contributed by atoms with van der Waals surface area (Å²) < 4.78 is 50.0. The second kappa shape index (κ2) is 30.2. The highest BCUT2D eigenvalue weighted by Crippen LogP contribution is 2.32. The molecule has 0 radical (unpaired) electrons. The highest BCUT2D eigenvalue weighted by molar-refractivity contribution is 14.1. The van der Waals surface area contributed by atoms with Gasteiger partial charge in [0.25, 0.3) is 0 Å². The van der Waals surface area contributed by atoms with E-state index in [1.54, 1.807) is 47.5 Å². The van der Waals surface area contributed by atoms with E-state index in [-0.39, 0.29) is 10.7 Å². The zero-order valence-corrected chi connectivity index (χ0v) is 45.2. The minimum absolute atomic E-state index is 0.164. The highest BCUT2D eigenvalue weighted by Gasteiger charge is 2.20. The van der Waals surface area contributed by atoms with Gasteiger partial charge in [0.2, 0.25) is 0 Å². The van der Waals surface area contributed by atoms with E-state index in [2.05, 4.69) is 68.5 Å². The van der Waals surface area contributed by atoms with Crippen LogP contribution in [-0.2, 0) is 0 Å². The molecule has 0 atom stereocenters. The largest absolute Gasteiger partial charge is 0.494 e. The predicted octanol–water partition coefficient (Wildman–Crippen LogP) is 16.7. The molecule has 4 heterocycles. The maximum Gasteiger partial charge on any atom is 0.155 e. The molecule has 0 saturated heterocycles. The van der Waals surface area contributed by atoms with Crippen molar-refractivity contribution >= 4 is 90.4 Å². The van der Waals surface area contributed by atoms with Gasteiger partial charge in [-0.05, 0) is 153 Å². The van der Waals surface area contributed by atoms with Gasteiger partial charge >= 0.3 is 0 Å². The van der Waals surface area contributed by atoms with Gasteiger partial charge in [0, 0.05) is 47.0 Å². The molecule has 16 heteroatoms. The third-order valence-corrected chi connectivity index (χ3v) is 15.0. The number of halogens is 6. The molecule has 66 heavy (non-hydrogen) atoms. The van der Waals surface area contributed by atoms with Gasteiger partial charge in [-0.2, -0.15) is 0 Å². The van der Waals surface area contributed by atoms with Gasteiger partial charge in [-0.1, -0.05) is 114 Å². The van der Waals surface area contributed by atoms with Crippen molar-refractivity contribution in [3.05, 3.63) is 126 Å². The Morgan fingerprint density at radius 2 is 0.667 bits per heavy atom. The van der Waals surface area contributed by atoms with Crippen LogP contribution < -0.4 is 9.47 Å². The Kier molecular flexibility index (Phi) is 24.5. The summed E-state index contributed by atoms with van der Waals surface area (Å²) in [6.07, 6.45) is 25.3. The van der Waals surface area contributed by atoms with Crippen LogP contribution in [0.25, 0.3) is 42.3 Å². The maximum absolute atomic E-state index is 12.9. The SMILES string of the molecule is CCCCCCCCCOc1ccc(-c2nnc(-c3ccncc3)s2)cc1.CCCCCCCCCOc1ccc(-c2nnc(-c3ccncc3)s2)cc1.Fc1c(I)c(F)c(I)c(F)c1I. The fourth-order valence-corrected chi connectivity index (χ4v) is 11.2. The number of pyridine rings is 2. The van der Waals surface area contributed by atoms with Crippen molar-refractivity contribution in [3.63, 3.8) is 0 Å². The van der Waals surface area contributed by atoms with Crippen LogP contribution in [0.5, 0.6) is 11.5 Å². The number of hydrogen-bond acceptors (Lipinski definition) is 10. The van der Waals surface area contributed by atoms with Crippen LogP contribution in [0.1, 0.15) is 104 Å². The van der Waals surface area contributed by atoms with Crippen molar-refractivity contribution in [1.29, 1.82) is 0 Å². The second-order valence-electron chi connectivity index (χ2n) is 15.2. The van der Waals surface area contributed by atoms with Crippen molar-refractivity contribution in [3.8, 4) is 53.8 Å². The summed E-state index contributed by atoms with van der Waals surface area (Å²) in [5.41, 5.74) is 4.22. The Morgan fingerprint density at radius 1 is 0.394 bits per heavy atom. The van der Waals surface area contributed by atoms with Crippen molar-refractivity contribution in [2.75, 3.05) is 13.2 Å². The molecule has 0 bridgehead atoms. The van der Waals surface area contributed by atoms with Crippen molar-refractivity contribution in [2.24, 2.45) is 0 Å². The lowest BCUT2D eigenvalue weighted by Gasteiger charge is -2.06. The number of nitrogens with zero attached hydrogens (tertiary/aromatic N) is 6. The highest BCUT2D eigenvalue weighted by atomic mass is 127. The summed E-state index contributed by atoms with van der Waals surface area (Å²) in [6, 6.07) is 24.1. The molecule has 0 aliphatic heterocycles. The summed E-state index contributed by atoms with van der Waals surface area (Å²) in [6.45, 7) is 6.09. The van der Waals surface area contributed by atoms with Crippen molar-refractivity contribution < 1.29 is 22.6 Å². The Morgan fingerprint density at radius 3 is 0.970 bits per heavy atom. The molecule has 8 nitrogen and oxygen atoms in total. The predicted molar refractivity (Wildman–Crippen MR) is 289 cm³/mol. The Hall–Kier alpha value is -3.34. The average molecular weight is 1270 g/mol. The van der Waals surface area contributed by atoms with Gasteiger partial charge in [0.1, 0.15) is 31.5 Å². The lowest BCUT2D eigenvalue weighted by molar-refractivity contribution is 0.304. The summed E-state index contributed by atoms with van der Waals surface area (Å²) in [5.74, 6) is -0.642. The standard InChI is InChI=1S/2C22H27N3OS.C6F3I3/c2*1-2-3-4-5-6-7-8-17-26-20-11-9-18(10-12-20)21-24-25-22(27-21)19-13-15-23-16-14-19;7-1-4(10)2(8)6(12)3(9)5(1)11/h2*9-16H,2-8,17H2,1H3;. The van der Waals surface area contributed by atoms with Crippen LogP contribution >= 0.6 is 90.4 Å². The quantitative estimate of drug-likeness (QED) is 0.0287. The van der Waals surface area contributed by atoms with E-state index >= 15 is 0 Å².